The van der Waals surface area contributed by atoms with Crippen LogP contribution in [0.5, 0.6) is 17.2 Å². The first-order valence-electron chi connectivity index (χ1n) is 10.0. The number of ether oxygens (including phenoxy) is 3. The number of thiazole rings is 1. The summed E-state index contributed by atoms with van der Waals surface area (Å²) in [6.45, 7) is 2.95. The van der Waals surface area contributed by atoms with Crippen LogP contribution in [0.15, 0.2) is 36.4 Å². The predicted molar refractivity (Wildman–Crippen MR) is 130 cm³/mol. The van der Waals surface area contributed by atoms with Crippen molar-refractivity contribution in [2.24, 2.45) is 0 Å². The quantitative estimate of drug-likeness (QED) is 0.568. The molecule has 1 aliphatic heterocycles. The molecular weight excluding hydrogens is 448 g/mol. The highest BCUT2D eigenvalue weighted by Crippen LogP contribution is 2.38. The number of carbonyl (C=O) groups excluding carboxylic acids is 1. The lowest BCUT2D eigenvalue weighted by Gasteiger charge is -2.35. The molecule has 8 nitrogen and oxygen atoms in total. The number of aromatic nitrogens is 1. The largest absolute Gasteiger partial charge is 0.493 e. The van der Waals surface area contributed by atoms with E-state index >= 15 is 0 Å². The fourth-order valence-corrected chi connectivity index (χ4v) is 4.85. The molecule has 0 aliphatic carbocycles. The molecule has 1 N–H and O–H groups in total. The summed E-state index contributed by atoms with van der Waals surface area (Å²) in [6.07, 6.45) is 0. The number of hydrogen-bond donors (Lipinski definition) is 1. The zero-order valence-electron chi connectivity index (χ0n) is 18.1. The van der Waals surface area contributed by atoms with Crippen LogP contribution in [-0.2, 0) is 0 Å². The monoisotopic (exact) mass is 472 g/mol. The highest BCUT2D eigenvalue weighted by Gasteiger charge is 2.23. The van der Waals surface area contributed by atoms with Crippen molar-refractivity contribution in [2.45, 2.75) is 0 Å². The molecule has 1 amide bonds. The Labute approximate surface area is 195 Å². The van der Waals surface area contributed by atoms with Crippen LogP contribution in [0.1, 0.15) is 10.4 Å². The second-order valence-corrected chi connectivity index (χ2v) is 8.51. The van der Waals surface area contributed by atoms with Crippen LogP contribution in [0.25, 0.3) is 10.2 Å². The minimum absolute atomic E-state index is 0.331. The number of fused-ring (bicyclic) bond motifs is 1. The number of rotatable bonds is 5. The van der Waals surface area contributed by atoms with Gasteiger partial charge in [-0.3, -0.25) is 10.1 Å². The van der Waals surface area contributed by atoms with Crippen LogP contribution in [0, 0.1) is 0 Å². The number of thiocarbonyl (C=S) groups is 1. The van der Waals surface area contributed by atoms with Crippen molar-refractivity contribution in [2.75, 3.05) is 52.4 Å². The lowest BCUT2D eigenvalue weighted by atomic mass is 10.1. The molecule has 0 atom stereocenters. The van der Waals surface area contributed by atoms with Crippen molar-refractivity contribution >= 4 is 49.9 Å². The first-order chi connectivity index (χ1) is 15.5. The Bertz CT molecular complexity index is 1080. The minimum atomic E-state index is -0.331. The van der Waals surface area contributed by atoms with Gasteiger partial charge >= 0.3 is 0 Å². The number of nitrogens with one attached hydrogen (secondary N) is 1. The molecule has 2 aromatic carbocycles. The van der Waals surface area contributed by atoms with Gasteiger partial charge in [-0.1, -0.05) is 23.5 Å². The SMILES string of the molecule is COc1cc(C(=O)NC(=S)N2CCN(c3nc4ccccc4s3)CC2)cc(OC)c1OC. The van der Waals surface area contributed by atoms with E-state index in [9.17, 15) is 4.79 Å². The minimum Gasteiger partial charge on any atom is -0.493 e. The third kappa shape index (κ3) is 4.42. The third-order valence-corrected chi connectivity index (χ3v) is 6.72. The molecule has 0 bridgehead atoms. The summed E-state index contributed by atoms with van der Waals surface area (Å²) in [5.74, 6) is 0.919. The van der Waals surface area contributed by atoms with Gasteiger partial charge in [-0.25, -0.2) is 4.98 Å². The number of carbonyl (C=O) groups is 1. The normalized spacial score (nSPS) is 13.7. The molecule has 0 unspecified atom stereocenters. The van der Waals surface area contributed by atoms with Crippen LogP contribution < -0.4 is 24.4 Å². The number of benzene rings is 2. The maximum Gasteiger partial charge on any atom is 0.257 e. The van der Waals surface area contributed by atoms with E-state index in [1.54, 1.807) is 23.5 Å². The number of methoxy groups -OCH3 is 3. The molecule has 0 saturated carbocycles. The fraction of sp³-hybridized carbons (Fsp3) is 0.318. The Balaban J connectivity index is 1.39. The predicted octanol–water partition coefficient (Wildman–Crippen LogP) is 3.16. The topological polar surface area (TPSA) is 76.2 Å². The Morgan fingerprint density at radius 2 is 1.69 bits per heavy atom. The van der Waals surface area contributed by atoms with E-state index in [2.05, 4.69) is 16.3 Å². The number of para-hydroxylation sites is 1. The summed E-state index contributed by atoms with van der Waals surface area (Å²) in [6, 6.07) is 11.3. The molecule has 1 saturated heterocycles. The van der Waals surface area contributed by atoms with Gasteiger partial charge in [-0.2, -0.15) is 0 Å². The van der Waals surface area contributed by atoms with E-state index in [1.165, 1.54) is 26.0 Å². The van der Waals surface area contributed by atoms with E-state index in [0.29, 0.717) is 41.0 Å². The number of anilines is 1. The highest BCUT2D eigenvalue weighted by molar-refractivity contribution is 7.80. The second kappa shape index (κ2) is 9.58. The number of piperazine rings is 1. The van der Waals surface area contributed by atoms with Crippen molar-refractivity contribution < 1.29 is 19.0 Å². The average Bonchev–Trinajstić information content (AvgIpc) is 3.27. The lowest BCUT2D eigenvalue weighted by Crippen LogP contribution is -2.52. The molecule has 2 heterocycles. The van der Waals surface area contributed by atoms with Crippen LogP contribution in [0.2, 0.25) is 0 Å². The van der Waals surface area contributed by atoms with E-state index in [1.807, 2.05) is 23.1 Å². The van der Waals surface area contributed by atoms with Crippen molar-refractivity contribution in [1.29, 1.82) is 0 Å². The molecular formula is C22H24N4O4S2. The fourth-order valence-electron chi connectivity index (χ4n) is 3.56. The first kappa shape index (κ1) is 22.1. The van der Waals surface area contributed by atoms with Crippen molar-refractivity contribution in [3.8, 4) is 17.2 Å². The first-order valence-corrected chi connectivity index (χ1v) is 11.3. The van der Waals surface area contributed by atoms with Gasteiger partial charge in [0.1, 0.15) is 0 Å². The van der Waals surface area contributed by atoms with Crippen LogP contribution >= 0.6 is 23.6 Å². The van der Waals surface area contributed by atoms with Crippen molar-refractivity contribution in [1.82, 2.24) is 15.2 Å². The molecule has 4 rings (SSSR count). The summed E-state index contributed by atoms with van der Waals surface area (Å²) in [5, 5.41) is 4.23. The van der Waals surface area contributed by atoms with Gasteiger partial charge in [0, 0.05) is 31.7 Å². The van der Waals surface area contributed by atoms with Gasteiger partial charge in [0.15, 0.2) is 21.7 Å². The average molecular weight is 473 g/mol. The van der Waals surface area contributed by atoms with Gasteiger partial charge in [0.2, 0.25) is 5.75 Å². The molecule has 10 heteroatoms. The van der Waals surface area contributed by atoms with Crippen LogP contribution in [0.3, 0.4) is 0 Å². The smallest absolute Gasteiger partial charge is 0.257 e. The maximum absolute atomic E-state index is 12.8. The molecule has 168 valence electrons. The van der Waals surface area contributed by atoms with Gasteiger partial charge in [0.25, 0.3) is 5.91 Å². The van der Waals surface area contributed by atoms with E-state index in [0.717, 1.165) is 23.7 Å². The third-order valence-electron chi connectivity index (χ3n) is 5.27. The van der Waals surface area contributed by atoms with E-state index in [4.69, 9.17) is 31.4 Å². The lowest BCUT2D eigenvalue weighted by molar-refractivity contribution is 0.0972. The molecule has 0 spiro atoms. The zero-order valence-corrected chi connectivity index (χ0v) is 19.7. The Morgan fingerprint density at radius 3 is 2.28 bits per heavy atom. The standard InChI is InChI=1S/C22H24N4O4S2/c1-28-16-12-14(13-17(29-2)19(16)30-3)20(27)24-21(31)25-8-10-26(11-9-25)22-23-15-6-4-5-7-18(15)32-22/h4-7,12-13H,8-11H2,1-3H3,(H,24,27,31). The highest BCUT2D eigenvalue weighted by atomic mass is 32.1. The van der Waals surface area contributed by atoms with E-state index < -0.39 is 0 Å². The molecule has 32 heavy (non-hydrogen) atoms. The van der Waals surface area contributed by atoms with Gasteiger partial charge < -0.3 is 24.0 Å². The van der Waals surface area contributed by atoms with Gasteiger partial charge in [-0.15, -0.1) is 0 Å². The second-order valence-electron chi connectivity index (χ2n) is 7.11. The molecule has 0 radical (unpaired) electrons. The molecule has 3 aromatic rings. The molecule has 1 aliphatic rings. The maximum atomic E-state index is 12.8. The van der Waals surface area contributed by atoms with Crippen molar-refractivity contribution in [3.05, 3.63) is 42.0 Å². The van der Waals surface area contributed by atoms with Crippen LogP contribution in [-0.4, -0.2) is 68.4 Å². The summed E-state index contributed by atoms with van der Waals surface area (Å²) in [5.41, 5.74) is 1.39. The number of hydrogen-bond acceptors (Lipinski definition) is 8. The summed E-state index contributed by atoms with van der Waals surface area (Å²) >= 11 is 7.20. The van der Waals surface area contributed by atoms with Gasteiger partial charge in [-0.05, 0) is 36.5 Å². The Morgan fingerprint density at radius 1 is 1.03 bits per heavy atom. The molecule has 1 aromatic heterocycles. The Hall–Kier alpha value is -3.11. The van der Waals surface area contributed by atoms with Crippen LogP contribution in [0.4, 0.5) is 5.13 Å². The summed E-state index contributed by atoms with van der Waals surface area (Å²) < 4.78 is 17.1. The Kier molecular flexibility index (Phi) is 6.61. The van der Waals surface area contributed by atoms with Crippen molar-refractivity contribution in [3.63, 3.8) is 0 Å². The number of nitrogens with zero attached hydrogens (tertiary/aromatic N) is 3. The van der Waals surface area contributed by atoms with Gasteiger partial charge in [0.05, 0.1) is 31.5 Å². The molecule has 1 fully saturated rings. The zero-order chi connectivity index (χ0) is 22.7. The summed E-state index contributed by atoms with van der Waals surface area (Å²) in [7, 11) is 4.53. The number of amides is 1. The summed E-state index contributed by atoms with van der Waals surface area (Å²) in [4.78, 5) is 21.8. The van der Waals surface area contributed by atoms with E-state index in [-0.39, 0.29) is 5.91 Å².